The van der Waals surface area contributed by atoms with Crippen molar-refractivity contribution >= 4 is 5.91 Å². The van der Waals surface area contributed by atoms with Crippen LogP contribution in [0.2, 0.25) is 0 Å². The van der Waals surface area contributed by atoms with Crippen molar-refractivity contribution in [2.45, 2.75) is 32.0 Å². The quantitative estimate of drug-likeness (QED) is 0.948. The molecule has 2 aromatic carbocycles. The fraction of sp³-hybridized carbons (Fsp3) is 0.316. The van der Waals surface area contributed by atoms with Crippen molar-refractivity contribution in [2.24, 2.45) is 5.73 Å². The van der Waals surface area contributed by atoms with Gasteiger partial charge in [-0.3, -0.25) is 4.79 Å². The van der Waals surface area contributed by atoms with E-state index >= 15 is 0 Å². The highest BCUT2D eigenvalue weighted by Gasteiger charge is 2.32. The normalized spacial score (nSPS) is 18.2. The molecule has 3 rings (SSSR count). The van der Waals surface area contributed by atoms with Crippen LogP contribution >= 0.6 is 0 Å². The van der Waals surface area contributed by atoms with Gasteiger partial charge in [0.15, 0.2) is 0 Å². The summed E-state index contributed by atoms with van der Waals surface area (Å²) in [6, 6.07) is 15.7. The van der Waals surface area contributed by atoms with E-state index in [0.29, 0.717) is 6.54 Å². The Hall–Kier alpha value is -2.33. The van der Waals surface area contributed by atoms with Gasteiger partial charge in [-0.2, -0.15) is 0 Å². The molecule has 4 heteroatoms. The summed E-state index contributed by atoms with van der Waals surface area (Å²) in [5.41, 5.74) is 9.40. The lowest BCUT2D eigenvalue weighted by atomic mass is 9.89. The molecule has 1 aliphatic rings. The molecule has 0 fully saturated rings. The molecule has 0 radical (unpaired) electrons. The number of ether oxygens (including phenoxy) is 1. The van der Waals surface area contributed by atoms with Crippen molar-refractivity contribution in [3.8, 4) is 5.75 Å². The van der Waals surface area contributed by atoms with E-state index in [1.165, 1.54) is 5.56 Å². The number of benzene rings is 2. The number of nitrogens with two attached hydrogens (primary N) is 1. The second-order valence-corrected chi connectivity index (χ2v) is 6.02. The minimum atomic E-state index is -0.506. The summed E-state index contributed by atoms with van der Waals surface area (Å²) in [6.45, 7) is 2.30. The third kappa shape index (κ3) is 3.08. The van der Waals surface area contributed by atoms with Gasteiger partial charge in [-0.1, -0.05) is 36.4 Å². The van der Waals surface area contributed by atoms with Gasteiger partial charge in [0.1, 0.15) is 5.75 Å². The van der Waals surface area contributed by atoms with Crippen molar-refractivity contribution in [1.29, 1.82) is 0 Å². The molecule has 1 heterocycles. The minimum absolute atomic E-state index is 0.0210. The molecule has 0 saturated heterocycles. The summed E-state index contributed by atoms with van der Waals surface area (Å²) in [5.74, 6) is 0.794. The molecular formula is C19H22N2O2. The smallest absolute Gasteiger partial charge is 0.240 e. The third-order valence-corrected chi connectivity index (χ3v) is 4.40. The number of carbonyl (C=O) groups is 1. The monoisotopic (exact) mass is 310 g/mol. The Labute approximate surface area is 136 Å². The van der Waals surface area contributed by atoms with Crippen LogP contribution in [-0.2, 0) is 17.8 Å². The van der Waals surface area contributed by atoms with Crippen molar-refractivity contribution < 1.29 is 9.53 Å². The molecule has 23 heavy (non-hydrogen) atoms. The number of carbonyl (C=O) groups excluding carboxylic acids is 1. The zero-order valence-corrected chi connectivity index (χ0v) is 13.5. The van der Waals surface area contributed by atoms with Gasteiger partial charge in [-0.25, -0.2) is 0 Å². The van der Waals surface area contributed by atoms with Crippen LogP contribution in [0.15, 0.2) is 48.5 Å². The number of amides is 1. The molecule has 2 aromatic rings. The summed E-state index contributed by atoms with van der Waals surface area (Å²) < 4.78 is 5.31. The van der Waals surface area contributed by atoms with Crippen molar-refractivity contribution in [1.82, 2.24) is 4.90 Å². The molecular weight excluding hydrogens is 288 g/mol. The fourth-order valence-electron chi connectivity index (χ4n) is 3.15. The van der Waals surface area contributed by atoms with E-state index in [-0.39, 0.29) is 11.9 Å². The van der Waals surface area contributed by atoms with Gasteiger partial charge in [-0.05, 0) is 42.2 Å². The summed E-state index contributed by atoms with van der Waals surface area (Å²) in [7, 11) is 1.65. The summed E-state index contributed by atoms with van der Waals surface area (Å²) >= 11 is 0. The lowest BCUT2D eigenvalue weighted by Crippen LogP contribution is -2.46. The first-order valence-corrected chi connectivity index (χ1v) is 7.87. The van der Waals surface area contributed by atoms with E-state index in [4.69, 9.17) is 10.5 Å². The van der Waals surface area contributed by atoms with E-state index < -0.39 is 6.04 Å². The van der Waals surface area contributed by atoms with Crippen molar-refractivity contribution in [2.75, 3.05) is 7.11 Å². The molecule has 4 nitrogen and oxygen atoms in total. The molecule has 0 saturated carbocycles. The number of fused-ring (bicyclic) bond motifs is 1. The van der Waals surface area contributed by atoms with Gasteiger partial charge < -0.3 is 15.4 Å². The fourth-order valence-corrected chi connectivity index (χ4v) is 3.15. The second-order valence-electron chi connectivity index (χ2n) is 6.02. The minimum Gasteiger partial charge on any atom is -0.497 e. The standard InChI is InChI=1S/C19H22N2O2/c1-13(20)19(22)21-12-16-10-17(23-2)9-8-15(16)11-18(21)14-6-4-3-5-7-14/h3-10,13,18H,11-12,20H2,1-2H3. The summed E-state index contributed by atoms with van der Waals surface area (Å²) in [6.07, 6.45) is 0.793. The Kier molecular flexibility index (Phi) is 4.35. The van der Waals surface area contributed by atoms with Crippen LogP contribution in [0.25, 0.3) is 0 Å². The number of rotatable bonds is 3. The Morgan fingerprint density at radius 2 is 1.96 bits per heavy atom. The summed E-state index contributed by atoms with van der Waals surface area (Å²) in [5, 5.41) is 0. The Balaban J connectivity index is 2.01. The first-order chi connectivity index (χ1) is 11.1. The van der Waals surface area contributed by atoms with Gasteiger partial charge in [0, 0.05) is 6.54 Å². The molecule has 0 aromatic heterocycles. The van der Waals surface area contributed by atoms with Gasteiger partial charge >= 0.3 is 0 Å². The highest BCUT2D eigenvalue weighted by atomic mass is 16.5. The maximum atomic E-state index is 12.6. The first kappa shape index (κ1) is 15.6. The van der Waals surface area contributed by atoms with Gasteiger partial charge in [0.05, 0.1) is 19.2 Å². The lowest BCUT2D eigenvalue weighted by Gasteiger charge is -2.38. The predicted molar refractivity (Wildman–Crippen MR) is 90.1 cm³/mol. The predicted octanol–water partition coefficient (Wildman–Crippen LogP) is 2.67. The van der Waals surface area contributed by atoms with E-state index in [9.17, 15) is 4.79 Å². The third-order valence-electron chi connectivity index (χ3n) is 4.40. The Morgan fingerprint density at radius 3 is 2.61 bits per heavy atom. The molecule has 0 spiro atoms. The zero-order valence-electron chi connectivity index (χ0n) is 13.5. The topological polar surface area (TPSA) is 55.6 Å². The molecule has 2 unspecified atom stereocenters. The maximum absolute atomic E-state index is 12.6. The van der Waals surface area contributed by atoms with E-state index in [2.05, 4.69) is 18.2 Å². The molecule has 0 bridgehead atoms. The van der Waals surface area contributed by atoms with Crippen molar-refractivity contribution in [3.05, 3.63) is 65.2 Å². The highest BCUT2D eigenvalue weighted by molar-refractivity contribution is 5.82. The van der Waals surface area contributed by atoms with E-state index in [1.807, 2.05) is 35.2 Å². The molecule has 0 aliphatic carbocycles. The molecule has 2 atom stereocenters. The maximum Gasteiger partial charge on any atom is 0.240 e. The second kappa shape index (κ2) is 6.42. The number of hydrogen-bond acceptors (Lipinski definition) is 3. The van der Waals surface area contributed by atoms with Gasteiger partial charge in [-0.15, -0.1) is 0 Å². The average Bonchev–Trinajstić information content (AvgIpc) is 2.60. The Morgan fingerprint density at radius 1 is 1.22 bits per heavy atom. The van der Waals surface area contributed by atoms with Crippen molar-refractivity contribution in [3.63, 3.8) is 0 Å². The molecule has 1 amide bonds. The molecule has 1 aliphatic heterocycles. The molecule has 120 valence electrons. The largest absolute Gasteiger partial charge is 0.497 e. The number of hydrogen-bond donors (Lipinski definition) is 1. The van der Waals surface area contributed by atoms with Gasteiger partial charge in [0.25, 0.3) is 0 Å². The SMILES string of the molecule is COc1ccc2c(c1)CN(C(=O)C(C)N)C(c1ccccc1)C2. The molecule has 2 N–H and O–H groups in total. The Bertz CT molecular complexity index is 698. The van der Waals surface area contributed by atoms with E-state index in [1.54, 1.807) is 14.0 Å². The average molecular weight is 310 g/mol. The van der Waals surface area contributed by atoms with Gasteiger partial charge in [0.2, 0.25) is 5.91 Å². The first-order valence-electron chi connectivity index (χ1n) is 7.87. The van der Waals surface area contributed by atoms with Crippen LogP contribution in [-0.4, -0.2) is 24.0 Å². The summed E-state index contributed by atoms with van der Waals surface area (Å²) in [4.78, 5) is 14.5. The van der Waals surface area contributed by atoms with Crippen LogP contribution in [0.4, 0.5) is 0 Å². The van der Waals surface area contributed by atoms with Crippen LogP contribution < -0.4 is 10.5 Å². The van der Waals surface area contributed by atoms with E-state index in [0.717, 1.165) is 23.3 Å². The lowest BCUT2D eigenvalue weighted by molar-refractivity contribution is -0.136. The van der Waals surface area contributed by atoms with Crippen LogP contribution in [0, 0.1) is 0 Å². The van der Waals surface area contributed by atoms with Crippen LogP contribution in [0.1, 0.15) is 29.7 Å². The zero-order chi connectivity index (χ0) is 16.4. The van der Waals surface area contributed by atoms with Crippen LogP contribution in [0.3, 0.4) is 0 Å². The number of nitrogens with zero attached hydrogens (tertiary/aromatic N) is 1. The highest BCUT2D eigenvalue weighted by Crippen LogP contribution is 2.35. The number of methoxy groups -OCH3 is 1. The van der Waals surface area contributed by atoms with Crippen LogP contribution in [0.5, 0.6) is 5.75 Å².